The van der Waals surface area contributed by atoms with Crippen molar-refractivity contribution >= 4 is 11.7 Å². The number of nitro groups is 1. The van der Waals surface area contributed by atoms with Crippen LogP contribution in [0, 0.1) is 10.1 Å². The van der Waals surface area contributed by atoms with Gasteiger partial charge in [-0.3, -0.25) is 19.8 Å². The maximum Gasteiger partial charge on any atom is 0.320 e. The zero-order valence-corrected chi connectivity index (χ0v) is 15.7. The average Bonchev–Trinajstić information content (AvgIpc) is 2.63. The van der Waals surface area contributed by atoms with Gasteiger partial charge >= 0.3 is 5.97 Å². The smallest absolute Gasteiger partial charge is 0.320 e. The molecule has 0 atom stereocenters. The van der Waals surface area contributed by atoms with E-state index in [0.717, 1.165) is 19.4 Å². The number of carbonyl (C=O) groups excluding carboxylic acids is 1. The molecular formula is C20H26N2O5. The summed E-state index contributed by atoms with van der Waals surface area (Å²) >= 11 is 0. The Hall–Kier alpha value is -2.93. The van der Waals surface area contributed by atoms with Gasteiger partial charge in [0.15, 0.2) is 0 Å². The highest BCUT2D eigenvalue weighted by molar-refractivity contribution is 5.71. The van der Waals surface area contributed by atoms with Crippen molar-refractivity contribution in [2.45, 2.75) is 19.8 Å². The average molecular weight is 374 g/mol. The SMILES string of the molecule is CCOC(=O)CN(C)CCCc1ccccc1.O=[N+]([O-])c1ccc(O)cc1. The molecule has 0 heterocycles. The van der Waals surface area contributed by atoms with Gasteiger partial charge in [0, 0.05) is 12.1 Å². The van der Waals surface area contributed by atoms with E-state index >= 15 is 0 Å². The summed E-state index contributed by atoms with van der Waals surface area (Å²) in [5.74, 6) is -0.111. The molecule has 7 nitrogen and oxygen atoms in total. The number of rotatable bonds is 8. The van der Waals surface area contributed by atoms with Gasteiger partial charge in [0.1, 0.15) is 5.75 Å². The van der Waals surface area contributed by atoms with Crippen molar-refractivity contribution in [3.05, 3.63) is 70.3 Å². The van der Waals surface area contributed by atoms with E-state index in [1.54, 1.807) is 0 Å². The van der Waals surface area contributed by atoms with Crippen LogP contribution < -0.4 is 0 Å². The number of hydrogen-bond donors (Lipinski definition) is 1. The molecule has 0 saturated heterocycles. The number of carbonyl (C=O) groups is 1. The molecule has 0 aliphatic carbocycles. The Kier molecular flexibility index (Phi) is 10.2. The Morgan fingerprint density at radius 2 is 1.78 bits per heavy atom. The Labute approximate surface area is 159 Å². The van der Waals surface area contributed by atoms with Crippen LogP contribution in [0.2, 0.25) is 0 Å². The van der Waals surface area contributed by atoms with Crippen molar-refractivity contribution in [3.8, 4) is 5.75 Å². The molecule has 2 aromatic rings. The van der Waals surface area contributed by atoms with Gasteiger partial charge in [-0.1, -0.05) is 30.3 Å². The van der Waals surface area contributed by atoms with Crippen LogP contribution >= 0.6 is 0 Å². The van der Waals surface area contributed by atoms with Crippen molar-refractivity contribution in [3.63, 3.8) is 0 Å². The standard InChI is InChI=1S/C14H21NO2.C6H5NO3/c1-3-17-14(16)12-15(2)11-7-10-13-8-5-4-6-9-13;8-6-3-1-5(2-4-6)7(9)10/h4-6,8-9H,3,7,10-12H2,1-2H3;1-4,8H. The zero-order valence-electron chi connectivity index (χ0n) is 15.7. The Balaban J connectivity index is 0.000000309. The summed E-state index contributed by atoms with van der Waals surface area (Å²) in [7, 11) is 1.95. The number of phenolic OH excluding ortho intramolecular Hbond substituents is 1. The maximum absolute atomic E-state index is 11.2. The summed E-state index contributed by atoms with van der Waals surface area (Å²) in [4.78, 5) is 22.7. The summed E-state index contributed by atoms with van der Waals surface area (Å²) in [5, 5.41) is 18.8. The van der Waals surface area contributed by atoms with Crippen LogP contribution in [0.4, 0.5) is 5.69 Å². The summed E-state index contributed by atoms with van der Waals surface area (Å²) in [6.45, 7) is 3.57. The first-order valence-corrected chi connectivity index (χ1v) is 8.74. The maximum atomic E-state index is 11.2. The number of ether oxygens (including phenoxy) is 1. The van der Waals surface area contributed by atoms with Crippen molar-refractivity contribution in [1.29, 1.82) is 0 Å². The van der Waals surface area contributed by atoms with Crippen LogP contribution in [0.1, 0.15) is 18.9 Å². The molecule has 0 amide bonds. The summed E-state index contributed by atoms with van der Waals surface area (Å²) in [6, 6.07) is 15.4. The lowest BCUT2D eigenvalue weighted by Crippen LogP contribution is -2.28. The molecule has 0 bridgehead atoms. The summed E-state index contributed by atoms with van der Waals surface area (Å²) < 4.78 is 4.90. The number of aromatic hydroxyl groups is 1. The van der Waals surface area contributed by atoms with Crippen LogP contribution in [0.3, 0.4) is 0 Å². The van der Waals surface area contributed by atoms with Crippen molar-refractivity contribution in [1.82, 2.24) is 4.90 Å². The lowest BCUT2D eigenvalue weighted by molar-refractivity contribution is -0.384. The van der Waals surface area contributed by atoms with E-state index in [1.165, 1.54) is 29.8 Å². The monoisotopic (exact) mass is 374 g/mol. The number of non-ortho nitro benzene ring substituents is 1. The predicted molar refractivity (Wildman–Crippen MR) is 104 cm³/mol. The zero-order chi connectivity index (χ0) is 20.1. The van der Waals surface area contributed by atoms with Crippen molar-refractivity contribution in [2.24, 2.45) is 0 Å². The van der Waals surface area contributed by atoms with Gasteiger partial charge in [-0.05, 0) is 51.1 Å². The quantitative estimate of drug-likeness (QED) is 0.432. The number of nitro benzene ring substituents is 1. The molecule has 0 aliphatic heterocycles. The lowest BCUT2D eigenvalue weighted by atomic mass is 10.1. The fourth-order valence-corrected chi connectivity index (χ4v) is 2.28. The number of hydrogen-bond acceptors (Lipinski definition) is 6. The van der Waals surface area contributed by atoms with Gasteiger partial charge < -0.3 is 9.84 Å². The Bertz CT molecular complexity index is 689. The molecule has 0 radical (unpaired) electrons. The van der Waals surface area contributed by atoms with E-state index in [4.69, 9.17) is 9.84 Å². The lowest BCUT2D eigenvalue weighted by Gasteiger charge is -2.15. The topological polar surface area (TPSA) is 92.9 Å². The number of phenols is 1. The number of nitrogens with zero attached hydrogens (tertiary/aromatic N) is 2. The summed E-state index contributed by atoms with van der Waals surface area (Å²) in [6.07, 6.45) is 2.11. The van der Waals surface area contributed by atoms with Crippen molar-refractivity contribution in [2.75, 3.05) is 26.7 Å². The first-order chi connectivity index (χ1) is 12.9. The van der Waals surface area contributed by atoms with Crippen molar-refractivity contribution < 1.29 is 19.6 Å². The highest BCUT2D eigenvalue weighted by Crippen LogP contribution is 2.15. The molecule has 27 heavy (non-hydrogen) atoms. The molecule has 1 N–H and O–H groups in total. The van der Waals surface area contributed by atoms with E-state index in [0.29, 0.717) is 13.2 Å². The summed E-state index contributed by atoms with van der Waals surface area (Å²) in [5.41, 5.74) is 1.33. The normalized spacial score (nSPS) is 10.0. The molecular weight excluding hydrogens is 348 g/mol. The minimum absolute atomic E-state index is 0.0159. The number of aryl methyl sites for hydroxylation is 1. The Morgan fingerprint density at radius 3 is 2.33 bits per heavy atom. The molecule has 7 heteroatoms. The second kappa shape index (κ2) is 12.4. The highest BCUT2D eigenvalue weighted by Gasteiger charge is 2.06. The third kappa shape index (κ3) is 9.96. The van der Waals surface area contributed by atoms with Gasteiger partial charge in [0.25, 0.3) is 5.69 Å². The van der Waals surface area contributed by atoms with E-state index in [-0.39, 0.29) is 17.4 Å². The van der Waals surface area contributed by atoms with E-state index in [9.17, 15) is 14.9 Å². The molecule has 0 aliphatic rings. The largest absolute Gasteiger partial charge is 0.508 e. The fourth-order valence-electron chi connectivity index (χ4n) is 2.28. The fraction of sp³-hybridized carbons (Fsp3) is 0.350. The molecule has 0 unspecified atom stereocenters. The number of esters is 1. The van der Waals surface area contributed by atoms with Gasteiger partial charge in [-0.15, -0.1) is 0 Å². The third-order valence-corrected chi connectivity index (χ3v) is 3.61. The minimum Gasteiger partial charge on any atom is -0.508 e. The van der Waals surface area contributed by atoms with Crippen LogP contribution in [0.25, 0.3) is 0 Å². The molecule has 2 rings (SSSR count). The van der Waals surface area contributed by atoms with Gasteiger partial charge in [0.05, 0.1) is 18.1 Å². The first kappa shape index (κ1) is 22.1. The van der Waals surface area contributed by atoms with E-state index in [1.807, 2.05) is 24.9 Å². The molecule has 0 fully saturated rings. The van der Waals surface area contributed by atoms with E-state index in [2.05, 4.69) is 24.3 Å². The second-order valence-corrected chi connectivity index (χ2v) is 5.91. The van der Waals surface area contributed by atoms with Crippen LogP contribution in [-0.4, -0.2) is 47.6 Å². The Morgan fingerprint density at radius 1 is 1.15 bits per heavy atom. The molecule has 0 saturated carbocycles. The molecule has 146 valence electrons. The molecule has 0 aromatic heterocycles. The van der Waals surface area contributed by atoms with E-state index < -0.39 is 4.92 Å². The minimum atomic E-state index is -0.514. The third-order valence-electron chi connectivity index (χ3n) is 3.61. The second-order valence-electron chi connectivity index (χ2n) is 5.91. The van der Waals surface area contributed by atoms with Gasteiger partial charge in [-0.25, -0.2) is 0 Å². The van der Waals surface area contributed by atoms with Crippen LogP contribution in [0.15, 0.2) is 54.6 Å². The van der Waals surface area contributed by atoms with Gasteiger partial charge in [-0.2, -0.15) is 0 Å². The first-order valence-electron chi connectivity index (χ1n) is 8.74. The number of benzene rings is 2. The van der Waals surface area contributed by atoms with Gasteiger partial charge in [0.2, 0.25) is 0 Å². The number of likely N-dealkylation sites (N-methyl/N-ethyl adjacent to an activating group) is 1. The molecule has 0 spiro atoms. The predicted octanol–water partition coefficient (Wildman–Crippen LogP) is 3.41. The molecule has 2 aromatic carbocycles. The van der Waals surface area contributed by atoms with Crippen LogP contribution in [-0.2, 0) is 16.0 Å². The van der Waals surface area contributed by atoms with Crippen LogP contribution in [0.5, 0.6) is 5.75 Å². The highest BCUT2D eigenvalue weighted by atomic mass is 16.6.